The summed E-state index contributed by atoms with van der Waals surface area (Å²) in [6.45, 7) is 2.29. The maximum Gasteiger partial charge on any atom is 0.307 e. The highest BCUT2D eigenvalue weighted by molar-refractivity contribution is 5.71. The first-order valence-electron chi connectivity index (χ1n) is 8.21. The third-order valence-electron chi connectivity index (χ3n) is 5.24. The molecule has 1 N–H and O–H groups in total. The van der Waals surface area contributed by atoms with Crippen LogP contribution in [0.1, 0.15) is 81.8 Å². The van der Waals surface area contributed by atoms with Crippen molar-refractivity contribution < 1.29 is 14.4 Å². The molecule has 116 valence electrons. The van der Waals surface area contributed by atoms with Crippen LogP contribution >= 0.6 is 0 Å². The minimum atomic E-state index is -0.731. The molecule has 2 saturated carbocycles. The Morgan fingerprint density at radius 1 is 1.14 bits per heavy atom. The molecule has 21 heavy (non-hydrogen) atoms. The van der Waals surface area contributed by atoms with Gasteiger partial charge in [0, 0.05) is 5.92 Å². The molecule has 0 amide bonds. The average Bonchev–Trinajstić information content (AvgIpc) is 2.97. The van der Waals surface area contributed by atoms with Crippen molar-refractivity contribution in [2.24, 2.45) is 11.8 Å². The lowest BCUT2D eigenvalue weighted by Gasteiger charge is -2.25. The SMILES string of the molecule is CC1CCC(c2noc(C3CCCCC3C(=O)O)n2)CC1. The van der Waals surface area contributed by atoms with E-state index in [1.54, 1.807) is 0 Å². The number of aliphatic carboxylic acids is 1. The Labute approximate surface area is 125 Å². The number of carbonyl (C=O) groups is 1. The summed E-state index contributed by atoms with van der Waals surface area (Å²) in [5, 5.41) is 13.5. The zero-order valence-corrected chi connectivity index (χ0v) is 12.6. The van der Waals surface area contributed by atoms with Crippen LogP contribution in [-0.4, -0.2) is 21.2 Å². The Bertz CT molecular complexity index is 491. The molecular weight excluding hydrogens is 268 g/mol. The second-order valence-electron chi connectivity index (χ2n) is 6.78. The first-order valence-corrected chi connectivity index (χ1v) is 8.21. The van der Waals surface area contributed by atoms with Gasteiger partial charge in [0.2, 0.25) is 5.89 Å². The van der Waals surface area contributed by atoms with Crippen molar-refractivity contribution in [1.29, 1.82) is 0 Å². The summed E-state index contributed by atoms with van der Waals surface area (Å²) >= 11 is 0. The molecule has 2 atom stereocenters. The fourth-order valence-electron chi connectivity index (χ4n) is 3.80. The van der Waals surface area contributed by atoms with E-state index in [0.29, 0.717) is 11.8 Å². The molecule has 0 spiro atoms. The number of carboxylic acid groups (broad SMARTS) is 1. The number of aromatic nitrogens is 2. The van der Waals surface area contributed by atoms with Gasteiger partial charge in [-0.25, -0.2) is 0 Å². The Kier molecular flexibility index (Phi) is 4.27. The molecule has 1 aromatic heterocycles. The van der Waals surface area contributed by atoms with Gasteiger partial charge in [0.05, 0.1) is 11.8 Å². The number of carboxylic acids is 1. The van der Waals surface area contributed by atoms with Gasteiger partial charge in [0.1, 0.15) is 0 Å². The molecule has 3 rings (SSSR count). The van der Waals surface area contributed by atoms with Crippen molar-refractivity contribution in [2.75, 3.05) is 0 Å². The number of nitrogens with zero attached hydrogens (tertiary/aromatic N) is 2. The molecule has 0 aliphatic heterocycles. The van der Waals surface area contributed by atoms with Crippen molar-refractivity contribution in [1.82, 2.24) is 10.1 Å². The van der Waals surface area contributed by atoms with Gasteiger partial charge in [-0.3, -0.25) is 4.79 Å². The molecule has 0 radical (unpaired) electrons. The summed E-state index contributed by atoms with van der Waals surface area (Å²) in [5.74, 6) is 1.35. The highest BCUT2D eigenvalue weighted by Crippen LogP contribution is 2.39. The van der Waals surface area contributed by atoms with Crippen LogP contribution in [0.3, 0.4) is 0 Å². The van der Waals surface area contributed by atoms with Crippen molar-refractivity contribution >= 4 is 5.97 Å². The van der Waals surface area contributed by atoms with E-state index in [4.69, 9.17) is 4.52 Å². The Morgan fingerprint density at radius 2 is 1.86 bits per heavy atom. The lowest BCUT2D eigenvalue weighted by molar-refractivity contribution is -0.143. The maximum atomic E-state index is 11.4. The van der Waals surface area contributed by atoms with Crippen LogP contribution in [0, 0.1) is 11.8 Å². The lowest BCUT2D eigenvalue weighted by atomic mass is 9.79. The Hall–Kier alpha value is -1.39. The second-order valence-corrected chi connectivity index (χ2v) is 6.78. The van der Waals surface area contributed by atoms with Crippen LogP contribution in [-0.2, 0) is 4.79 Å². The molecule has 2 fully saturated rings. The van der Waals surface area contributed by atoms with Gasteiger partial charge in [-0.1, -0.05) is 37.8 Å². The first-order chi connectivity index (χ1) is 10.1. The number of hydrogen-bond acceptors (Lipinski definition) is 4. The zero-order chi connectivity index (χ0) is 14.8. The minimum absolute atomic E-state index is 0.0972. The van der Waals surface area contributed by atoms with E-state index in [9.17, 15) is 9.90 Å². The van der Waals surface area contributed by atoms with Gasteiger partial charge < -0.3 is 9.63 Å². The molecule has 1 aromatic rings. The largest absolute Gasteiger partial charge is 0.481 e. The maximum absolute atomic E-state index is 11.4. The highest BCUT2D eigenvalue weighted by atomic mass is 16.5. The zero-order valence-electron chi connectivity index (χ0n) is 12.6. The minimum Gasteiger partial charge on any atom is -0.481 e. The molecule has 5 heteroatoms. The van der Waals surface area contributed by atoms with E-state index >= 15 is 0 Å². The molecule has 2 aliphatic rings. The number of hydrogen-bond donors (Lipinski definition) is 1. The molecule has 0 bridgehead atoms. The normalized spacial score (nSPS) is 33.8. The molecule has 5 nitrogen and oxygen atoms in total. The molecule has 0 saturated heterocycles. The van der Waals surface area contributed by atoms with Gasteiger partial charge >= 0.3 is 5.97 Å². The number of rotatable bonds is 3. The summed E-state index contributed by atoms with van der Waals surface area (Å²) in [7, 11) is 0. The fourth-order valence-corrected chi connectivity index (χ4v) is 3.80. The summed E-state index contributed by atoms with van der Waals surface area (Å²) in [6, 6.07) is 0. The second kappa shape index (κ2) is 6.16. The van der Waals surface area contributed by atoms with Gasteiger partial charge in [0.15, 0.2) is 5.82 Å². The van der Waals surface area contributed by atoms with E-state index in [2.05, 4.69) is 17.1 Å². The third-order valence-corrected chi connectivity index (χ3v) is 5.24. The lowest BCUT2D eigenvalue weighted by Crippen LogP contribution is -2.25. The van der Waals surface area contributed by atoms with Crippen LogP contribution in [0.4, 0.5) is 0 Å². The molecule has 2 unspecified atom stereocenters. The summed E-state index contributed by atoms with van der Waals surface area (Å²) in [4.78, 5) is 16.0. The van der Waals surface area contributed by atoms with Crippen LogP contribution in [0.2, 0.25) is 0 Å². The third kappa shape index (κ3) is 3.11. The molecule has 2 aliphatic carbocycles. The summed E-state index contributed by atoms with van der Waals surface area (Å²) in [5.41, 5.74) is 0. The van der Waals surface area contributed by atoms with Crippen molar-refractivity contribution in [3.8, 4) is 0 Å². The first kappa shape index (κ1) is 14.5. The van der Waals surface area contributed by atoms with Crippen molar-refractivity contribution in [3.05, 3.63) is 11.7 Å². The van der Waals surface area contributed by atoms with Gasteiger partial charge in [-0.05, 0) is 31.6 Å². The van der Waals surface area contributed by atoms with Crippen LogP contribution in [0.25, 0.3) is 0 Å². The average molecular weight is 292 g/mol. The van der Waals surface area contributed by atoms with Crippen molar-refractivity contribution in [3.63, 3.8) is 0 Å². The van der Waals surface area contributed by atoms with Gasteiger partial charge in [0.25, 0.3) is 0 Å². The standard InChI is InChI=1S/C16H24N2O3/c1-10-6-8-11(9-7-10)14-17-15(21-18-14)12-4-2-3-5-13(12)16(19)20/h10-13H,2-9H2,1H3,(H,19,20). The van der Waals surface area contributed by atoms with E-state index in [1.165, 1.54) is 12.8 Å². The Morgan fingerprint density at radius 3 is 2.57 bits per heavy atom. The molecular formula is C16H24N2O3. The van der Waals surface area contributed by atoms with E-state index in [1.807, 2.05) is 0 Å². The molecule has 0 aromatic carbocycles. The summed E-state index contributed by atoms with van der Waals surface area (Å²) < 4.78 is 5.44. The predicted octanol–water partition coefficient (Wildman–Crippen LogP) is 3.72. The van der Waals surface area contributed by atoms with Crippen molar-refractivity contribution in [2.45, 2.75) is 70.1 Å². The van der Waals surface area contributed by atoms with Crippen LogP contribution < -0.4 is 0 Å². The topological polar surface area (TPSA) is 76.2 Å². The van der Waals surface area contributed by atoms with E-state index < -0.39 is 5.97 Å². The predicted molar refractivity (Wildman–Crippen MR) is 77.0 cm³/mol. The van der Waals surface area contributed by atoms with Gasteiger partial charge in [-0.15, -0.1) is 0 Å². The van der Waals surface area contributed by atoms with E-state index in [0.717, 1.165) is 50.3 Å². The monoisotopic (exact) mass is 292 g/mol. The highest BCUT2D eigenvalue weighted by Gasteiger charge is 2.36. The summed E-state index contributed by atoms with van der Waals surface area (Å²) in [6.07, 6.45) is 8.27. The fraction of sp³-hybridized carbons (Fsp3) is 0.812. The smallest absolute Gasteiger partial charge is 0.307 e. The van der Waals surface area contributed by atoms with Crippen LogP contribution in [0.15, 0.2) is 4.52 Å². The van der Waals surface area contributed by atoms with E-state index in [-0.39, 0.29) is 11.8 Å². The van der Waals surface area contributed by atoms with Gasteiger partial charge in [-0.2, -0.15) is 4.98 Å². The molecule has 1 heterocycles. The Balaban J connectivity index is 1.73. The quantitative estimate of drug-likeness (QED) is 0.918. The van der Waals surface area contributed by atoms with Crippen LogP contribution in [0.5, 0.6) is 0 Å².